The first-order chi connectivity index (χ1) is 12.6. The summed E-state index contributed by atoms with van der Waals surface area (Å²) in [6, 6.07) is 7.57. The zero-order valence-electron chi connectivity index (χ0n) is 14.7. The average Bonchev–Trinajstić information content (AvgIpc) is 3.26. The fourth-order valence-corrected chi connectivity index (χ4v) is 3.53. The lowest BCUT2D eigenvalue weighted by molar-refractivity contribution is -0.134. The number of aliphatic hydroxyl groups is 1. The van der Waals surface area contributed by atoms with Crippen LogP contribution in [0.25, 0.3) is 11.0 Å². The number of rotatable bonds is 4. The quantitative estimate of drug-likeness (QED) is 0.759. The molecule has 1 amide bonds. The topological polar surface area (TPSA) is 89.1 Å². The molecule has 1 N–H and O–H groups in total. The molecule has 8 heteroatoms. The predicted octanol–water partition coefficient (Wildman–Crippen LogP) is 1.14. The molecule has 3 aromatic rings. The van der Waals surface area contributed by atoms with Crippen molar-refractivity contribution in [2.45, 2.75) is 25.5 Å². The van der Waals surface area contributed by atoms with Crippen molar-refractivity contribution in [3.8, 4) is 0 Å². The number of likely N-dealkylation sites (tertiary alicyclic amines) is 1. The lowest BCUT2D eigenvalue weighted by Crippen LogP contribution is -2.41. The van der Waals surface area contributed by atoms with E-state index in [4.69, 9.17) is 0 Å². The summed E-state index contributed by atoms with van der Waals surface area (Å²) in [7, 11) is 1.88. The van der Waals surface area contributed by atoms with Gasteiger partial charge in [0.15, 0.2) is 0 Å². The van der Waals surface area contributed by atoms with Gasteiger partial charge < -0.3 is 14.6 Å². The highest BCUT2D eigenvalue weighted by molar-refractivity contribution is 5.77. The van der Waals surface area contributed by atoms with Gasteiger partial charge in [-0.2, -0.15) is 15.0 Å². The largest absolute Gasteiger partial charge is 0.385 e. The molecule has 0 saturated carbocycles. The number of amides is 1. The summed E-state index contributed by atoms with van der Waals surface area (Å²) in [5.74, 6) is 0.808. The number of hydrogen-bond acceptors (Lipinski definition) is 5. The summed E-state index contributed by atoms with van der Waals surface area (Å²) in [5, 5.41) is 19.2. The van der Waals surface area contributed by atoms with E-state index in [-0.39, 0.29) is 18.4 Å². The lowest BCUT2D eigenvalue weighted by Gasteiger charge is -2.33. The number of nitrogens with zero attached hydrogens (tertiary/aromatic N) is 6. The van der Waals surface area contributed by atoms with Crippen LogP contribution in [0.4, 0.5) is 0 Å². The number of hydrogen-bond donors (Lipinski definition) is 1. The van der Waals surface area contributed by atoms with E-state index in [9.17, 15) is 9.90 Å². The van der Waals surface area contributed by atoms with Gasteiger partial charge in [0.25, 0.3) is 0 Å². The van der Waals surface area contributed by atoms with Crippen LogP contribution in [-0.4, -0.2) is 53.5 Å². The minimum Gasteiger partial charge on any atom is -0.385 e. The van der Waals surface area contributed by atoms with Crippen LogP contribution in [0.2, 0.25) is 0 Å². The highest BCUT2D eigenvalue weighted by Crippen LogP contribution is 2.29. The van der Waals surface area contributed by atoms with Gasteiger partial charge in [-0.25, -0.2) is 4.98 Å². The molecule has 0 spiro atoms. The van der Waals surface area contributed by atoms with E-state index in [1.807, 2.05) is 47.0 Å². The lowest BCUT2D eigenvalue weighted by atomic mass is 9.90. The third-order valence-corrected chi connectivity index (χ3v) is 5.07. The van der Waals surface area contributed by atoms with Crippen molar-refractivity contribution in [3.05, 3.63) is 42.5 Å². The Bertz CT molecular complexity index is 876. The van der Waals surface area contributed by atoms with Crippen LogP contribution in [0.15, 0.2) is 36.7 Å². The molecule has 26 heavy (non-hydrogen) atoms. The first kappa shape index (κ1) is 16.7. The van der Waals surface area contributed by atoms with Crippen molar-refractivity contribution >= 4 is 16.9 Å². The van der Waals surface area contributed by atoms with E-state index in [0.29, 0.717) is 18.9 Å². The molecule has 4 rings (SSSR count). The molecule has 1 aromatic carbocycles. The second-order valence-corrected chi connectivity index (χ2v) is 6.78. The third-order valence-electron chi connectivity index (χ3n) is 5.07. The Hall–Kier alpha value is -2.74. The Morgan fingerprint density at radius 2 is 1.88 bits per heavy atom. The molecular weight excluding hydrogens is 332 g/mol. The van der Waals surface area contributed by atoms with E-state index in [2.05, 4.69) is 15.2 Å². The van der Waals surface area contributed by atoms with Gasteiger partial charge in [-0.1, -0.05) is 12.1 Å². The van der Waals surface area contributed by atoms with Crippen LogP contribution in [0.3, 0.4) is 0 Å². The zero-order chi connectivity index (χ0) is 18.1. The van der Waals surface area contributed by atoms with Crippen molar-refractivity contribution < 1.29 is 9.90 Å². The number of aryl methyl sites for hydroxylation is 1. The maximum Gasteiger partial charge on any atom is 0.246 e. The number of imidazole rings is 1. The van der Waals surface area contributed by atoms with Crippen molar-refractivity contribution in [3.63, 3.8) is 0 Å². The van der Waals surface area contributed by atoms with Gasteiger partial charge in [0.1, 0.15) is 29.5 Å². The normalized spacial score (nSPS) is 16.9. The molecular formula is C18H22N6O2. The highest BCUT2D eigenvalue weighted by Gasteiger charge is 2.30. The maximum atomic E-state index is 12.5. The van der Waals surface area contributed by atoms with Gasteiger partial charge >= 0.3 is 0 Å². The minimum absolute atomic E-state index is 0.00948. The molecule has 0 aliphatic carbocycles. The summed E-state index contributed by atoms with van der Waals surface area (Å²) in [4.78, 5) is 20.1. The summed E-state index contributed by atoms with van der Waals surface area (Å²) in [6.45, 7) is 1.40. The third kappa shape index (κ3) is 3.20. The Labute approximate surface area is 151 Å². The van der Waals surface area contributed by atoms with Crippen LogP contribution >= 0.6 is 0 Å². The molecule has 8 nitrogen and oxygen atoms in total. The number of aromatic nitrogens is 5. The summed E-state index contributed by atoms with van der Waals surface area (Å²) in [6.07, 6.45) is 4.45. The summed E-state index contributed by atoms with van der Waals surface area (Å²) >= 11 is 0. The molecule has 3 heterocycles. The molecule has 0 radical (unpaired) electrons. The van der Waals surface area contributed by atoms with E-state index >= 15 is 0 Å². The summed E-state index contributed by atoms with van der Waals surface area (Å²) in [5.41, 5.74) is 1.58. The van der Waals surface area contributed by atoms with E-state index < -0.39 is 6.10 Å². The van der Waals surface area contributed by atoms with Gasteiger partial charge in [-0.15, -0.1) is 0 Å². The molecule has 136 valence electrons. The highest BCUT2D eigenvalue weighted by atomic mass is 16.3. The Morgan fingerprint density at radius 3 is 2.46 bits per heavy atom. The van der Waals surface area contributed by atoms with Crippen LogP contribution < -0.4 is 0 Å². The van der Waals surface area contributed by atoms with Crippen LogP contribution in [0, 0.1) is 5.92 Å². The molecule has 0 bridgehead atoms. The standard InChI is InChI=1S/C18H22N6O2/c1-22-11-8-19-18(22)17(26)13-6-9-23(10-7-13)16(25)12-24-20-14-4-2-3-5-15(14)21-24/h2-5,8,11,13,17,26H,6-7,9-10,12H2,1H3/t17-/m0/s1. The predicted molar refractivity (Wildman–Crippen MR) is 95.0 cm³/mol. The van der Waals surface area contributed by atoms with Gasteiger partial charge in [-0.3, -0.25) is 4.79 Å². The van der Waals surface area contributed by atoms with Gasteiger partial charge in [0.2, 0.25) is 5.91 Å². The van der Waals surface area contributed by atoms with Crippen LogP contribution in [-0.2, 0) is 18.4 Å². The smallest absolute Gasteiger partial charge is 0.246 e. The monoisotopic (exact) mass is 354 g/mol. The van der Waals surface area contributed by atoms with Gasteiger partial charge in [0.05, 0.1) is 0 Å². The van der Waals surface area contributed by atoms with Crippen molar-refractivity contribution in [1.29, 1.82) is 0 Å². The van der Waals surface area contributed by atoms with Crippen molar-refractivity contribution in [1.82, 2.24) is 29.4 Å². The first-order valence-corrected chi connectivity index (χ1v) is 8.85. The molecule has 1 aliphatic heterocycles. The van der Waals surface area contributed by atoms with Crippen LogP contribution in [0.1, 0.15) is 24.8 Å². The Morgan fingerprint density at radius 1 is 1.23 bits per heavy atom. The van der Waals surface area contributed by atoms with Crippen molar-refractivity contribution in [2.75, 3.05) is 13.1 Å². The number of carbonyl (C=O) groups is 1. The molecule has 1 saturated heterocycles. The number of piperidine rings is 1. The molecule has 0 unspecified atom stereocenters. The molecule has 1 fully saturated rings. The minimum atomic E-state index is -0.592. The van der Waals surface area contributed by atoms with Crippen LogP contribution in [0.5, 0.6) is 0 Å². The fraction of sp³-hybridized carbons (Fsp3) is 0.444. The maximum absolute atomic E-state index is 12.5. The second kappa shape index (κ2) is 6.87. The van der Waals surface area contributed by atoms with Gasteiger partial charge in [0, 0.05) is 32.5 Å². The fourth-order valence-electron chi connectivity index (χ4n) is 3.53. The number of aliphatic hydroxyl groups excluding tert-OH is 1. The van der Waals surface area contributed by atoms with E-state index in [1.54, 1.807) is 6.20 Å². The molecule has 1 aliphatic rings. The summed E-state index contributed by atoms with van der Waals surface area (Å²) < 4.78 is 1.84. The van der Waals surface area contributed by atoms with E-state index in [1.165, 1.54) is 4.80 Å². The molecule has 1 atom stereocenters. The molecule has 2 aromatic heterocycles. The van der Waals surface area contributed by atoms with Crippen molar-refractivity contribution in [2.24, 2.45) is 13.0 Å². The number of fused-ring (bicyclic) bond motifs is 1. The number of benzene rings is 1. The average molecular weight is 354 g/mol. The van der Waals surface area contributed by atoms with E-state index in [0.717, 1.165) is 23.9 Å². The Kier molecular flexibility index (Phi) is 4.42. The van der Waals surface area contributed by atoms with Gasteiger partial charge in [-0.05, 0) is 30.9 Å². The first-order valence-electron chi connectivity index (χ1n) is 8.85. The SMILES string of the molecule is Cn1ccnc1[C@@H](O)C1CCN(C(=O)Cn2nc3ccccc3n2)CC1. The number of carbonyl (C=O) groups excluding carboxylic acids is 1. The Balaban J connectivity index is 1.35. The zero-order valence-corrected chi connectivity index (χ0v) is 14.7. The second-order valence-electron chi connectivity index (χ2n) is 6.78.